The molecule has 1 aliphatic rings. The van der Waals surface area contributed by atoms with Crippen LogP contribution in [0.4, 0.5) is 10.5 Å². The maximum atomic E-state index is 12.0. The molecule has 0 aromatic heterocycles. The van der Waals surface area contributed by atoms with E-state index in [1.807, 2.05) is 6.07 Å². The van der Waals surface area contributed by atoms with E-state index in [4.69, 9.17) is 10.2 Å². The number of amides is 2. The number of carbonyl (C=O) groups is 4. The number of carbonyl (C=O) groups excluding carboxylic acids is 2. The Hall–Kier alpha value is -5.06. The third-order valence-corrected chi connectivity index (χ3v) is 4.79. The molecule has 0 saturated carbocycles. The normalized spacial score (nSPS) is 11.4. The number of carboxylic acids is 2. The molecule has 11 heteroatoms. The summed E-state index contributed by atoms with van der Waals surface area (Å²) in [4.78, 5) is 53.1. The van der Waals surface area contributed by atoms with Gasteiger partial charge in [-0.1, -0.05) is 36.4 Å². The SMILES string of the molecule is Cc1ccc(C(=O)O)cc1C(=O)O.O=C(c1ccccc1)c1ccc([N+](=O)[O-])cc1.O=C1NCCN1. The third kappa shape index (κ3) is 8.06. The summed E-state index contributed by atoms with van der Waals surface area (Å²) in [5.74, 6) is -2.37. The van der Waals surface area contributed by atoms with E-state index in [1.165, 1.54) is 36.4 Å². The second-order valence-electron chi connectivity index (χ2n) is 7.32. The summed E-state index contributed by atoms with van der Waals surface area (Å²) >= 11 is 0. The molecule has 1 heterocycles. The van der Waals surface area contributed by atoms with Gasteiger partial charge in [-0.05, 0) is 36.8 Å². The van der Waals surface area contributed by atoms with Crippen LogP contribution in [0, 0.1) is 17.0 Å². The van der Waals surface area contributed by atoms with Crippen LogP contribution < -0.4 is 10.6 Å². The Balaban J connectivity index is 0.000000211. The Kier molecular flexibility index (Phi) is 9.81. The first-order valence-electron chi connectivity index (χ1n) is 10.5. The van der Waals surface area contributed by atoms with Crippen LogP contribution in [0.25, 0.3) is 0 Å². The number of nitrogens with one attached hydrogen (secondary N) is 2. The largest absolute Gasteiger partial charge is 0.478 e. The van der Waals surface area contributed by atoms with Crippen molar-refractivity contribution in [2.24, 2.45) is 0 Å². The average Bonchev–Trinajstić information content (AvgIpc) is 3.35. The number of hydrogen-bond donors (Lipinski definition) is 4. The summed E-state index contributed by atoms with van der Waals surface area (Å²) in [6.07, 6.45) is 0. The lowest BCUT2D eigenvalue weighted by Crippen LogP contribution is -2.20. The molecule has 36 heavy (non-hydrogen) atoms. The predicted molar refractivity (Wildman–Crippen MR) is 129 cm³/mol. The van der Waals surface area contributed by atoms with E-state index in [-0.39, 0.29) is 28.6 Å². The van der Waals surface area contributed by atoms with Crippen LogP contribution >= 0.6 is 0 Å². The van der Waals surface area contributed by atoms with E-state index in [1.54, 1.807) is 31.2 Å². The molecule has 0 atom stereocenters. The van der Waals surface area contributed by atoms with Gasteiger partial charge >= 0.3 is 18.0 Å². The molecule has 1 saturated heterocycles. The van der Waals surface area contributed by atoms with Crippen molar-refractivity contribution in [2.75, 3.05) is 13.1 Å². The number of aryl methyl sites for hydroxylation is 1. The fraction of sp³-hybridized carbons (Fsp3) is 0.120. The van der Waals surface area contributed by atoms with Gasteiger partial charge in [0.15, 0.2) is 5.78 Å². The molecule has 0 bridgehead atoms. The highest BCUT2D eigenvalue weighted by Crippen LogP contribution is 2.15. The van der Waals surface area contributed by atoms with Gasteiger partial charge in [-0.25, -0.2) is 14.4 Å². The minimum atomic E-state index is -1.12. The van der Waals surface area contributed by atoms with E-state index < -0.39 is 16.9 Å². The van der Waals surface area contributed by atoms with Crippen molar-refractivity contribution in [2.45, 2.75) is 6.92 Å². The minimum Gasteiger partial charge on any atom is -0.478 e. The van der Waals surface area contributed by atoms with Gasteiger partial charge in [0.2, 0.25) is 0 Å². The van der Waals surface area contributed by atoms with Crippen molar-refractivity contribution in [3.8, 4) is 0 Å². The summed E-state index contributed by atoms with van der Waals surface area (Å²) in [5.41, 5.74) is 1.57. The first-order valence-corrected chi connectivity index (χ1v) is 10.5. The number of ketones is 1. The van der Waals surface area contributed by atoms with Gasteiger partial charge < -0.3 is 20.8 Å². The maximum absolute atomic E-state index is 12.0. The van der Waals surface area contributed by atoms with Gasteiger partial charge in [-0.2, -0.15) is 0 Å². The molecule has 11 nitrogen and oxygen atoms in total. The number of nitrogens with zero attached hydrogens (tertiary/aromatic N) is 1. The van der Waals surface area contributed by atoms with Crippen molar-refractivity contribution >= 4 is 29.4 Å². The number of non-ortho nitro benzene ring substituents is 1. The highest BCUT2D eigenvalue weighted by atomic mass is 16.6. The van der Waals surface area contributed by atoms with Crippen LogP contribution in [0.1, 0.15) is 42.2 Å². The molecule has 186 valence electrons. The Bertz CT molecular complexity index is 1250. The minimum absolute atomic E-state index is 0.0111. The lowest BCUT2D eigenvalue weighted by Gasteiger charge is -2.01. The van der Waals surface area contributed by atoms with Gasteiger partial charge in [0.1, 0.15) is 0 Å². The molecule has 4 N–H and O–H groups in total. The zero-order valence-electron chi connectivity index (χ0n) is 19.1. The van der Waals surface area contributed by atoms with Gasteiger partial charge in [-0.3, -0.25) is 14.9 Å². The number of benzene rings is 3. The molecule has 0 radical (unpaired) electrons. The standard InChI is InChI=1S/C13H9NO3.C9H8O4.C3H6N2O/c15-13(10-4-2-1-3-5-10)11-6-8-12(9-7-11)14(16)17;1-5-2-3-6(8(10)11)4-7(5)9(12)13;6-3-4-1-2-5-3/h1-9H;2-4H,1H3,(H,10,11)(H,12,13);1-2H2,(H2,4,5,6). The van der Waals surface area contributed by atoms with E-state index in [9.17, 15) is 29.3 Å². The number of urea groups is 1. The summed E-state index contributed by atoms with van der Waals surface area (Å²) in [6.45, 7) is 3.17. The fourth-order valence-corrected chi connectivity index (χ4v) is 2.89. The number of nitro benzene ring substituents is 1. The van der Waals surface area contributed by atoms with E-state index >= 15 is 0 Å². The number of carboxylic acid groups (broad SMARTS) is 2. The molecule has 0 unspecified atom stereocenters. The summed E-state index contributed by atoms with van der Waals surface area (Å²) in [7, 11) is 0. The molecular formula is C25H23N3O8. The summed E-state index contributed by atoms with van der Waals surface area (Å²) in [5, 5.41) is 32.9. The average molecular weight is 493 g/mol. The maximum Gasteiger partial charge on any atom is 0.335 e. The van der Waals surface area contributed by atoms with Crippen LogP contribution in [-0.4, -0.2) is 52.0 Å². The van der Waals surface area contributed by atoms with E-state index in [0.717, 1.165) is 19.2 Å². The molecule has 2 amide bonds. The molecule has 3 aromatic carbocycles. The monoisotopic (exact) mass is 493 g/mol. The summed E-state index contributed by atoms with van der Waals surface area (Å²) < 4.78 is 0. The number of rotatable bonds is 5. The molecule has 0 aliphatic carbocycles. The van der Waals surface area contributed by atoms with Gasteiger partial charge in [0.25, 0.3) is 5.69 Å². The zero-order valence-corrected chi connectivity index (χ0v) is 19.1. The van der Waals surface area contributed by atoms with Gasteiger partial charge in [-0.15, -0.1) is 0 Å². The highest BCUT2D eigenvalue weighted by Gasteiger charge is 2.11. The van der Waals surface area contributed by atoms with Crippen molar-refractivity contribution in [1.82, 2.24) is 10.6 Å². The molecular weight excluding hydrogens is 470 g/mol. The second kappa shape index (κ2) is 13.0. The first-order chi connectivity index (χ1) is 17.1. The quantitative estimate of drug-likeness (QED) is 0.237. The lowest BCUT2D eigenvalue weighted by atomic mass is 10.0. The number of hydrogen-bond acceptors (Lipinski definition) is 6. The summed E-state index contributed by atoms with van der Waals surface area (Å²) in [6, 6.07) is 18.4. The van der Waals surface area contributed by atoms with E-state index in [0.29, 0.717) is 16.7 Å². The van der Waals surface area contributed by atoms with Crippen LogP contribution in [0.15, 0.2) is 72.8 Å². The Morgan fingerprint density at radius 1 is 0.806 bits per heavy atom. The second-order valence-corrected chi connectivity index (χ2v) is 7.32. The van der Waals surface area contributed by atoms with E-state index in [2.05, 4.69) is 10.6 Å². The Labute approximate surface area is 205 Å². The predicted octanol–water partition coefficient (Wildman–Crippen LogP) is 3.52. The number of aromatic carboxylic acids is 2. The molecule has 4 rings (SSSR count). The fourth-order valence-electron chi connectivity index (χ4n) is 2.89. The molecule has 1 aliphatic heterocycles. The first kappa shape index (κ1) is 27.2. The van der Waals surface area contributed by atoms with Crippen LogP contribution in [0.3, 0.4) is 0 Å². The highest BCUT2D eigenvalue weighted by molar-refractivity contribution is 6.09. The third-order valence-electron chi connectivity index (χ3n) is 4.79. The van der Waals surface area contributed by atoms with Crippen molar-refractivity contribution in [3.05, 3.63) is 111 Å². The molecule has 1 fully saturated rings. The molecule has 0 spiro atoms. The molecule has 3 aromatic rings. The number of nitro groups is 1. The van der Waals surface area contributed by atoms with Crippen LogP contribution in [0.2, 0.25) is 0 Å². The smallest absolute Gasteiger partial charge is 0.335 e. The Morgan fingerprint density at radius 2 is 1.33 bits per heavy atom. The zero-order chi connectivity index (χ0) is 26.7. The van der Waals surface area contributed by atoms with Crippen LogP contribution in [-0.2, 0) is 0 Å². The van der Waals surface area contributed by atoms with Gasteiger partial charge in [0.05, 0.1) is 16.1 Å². The van der Waals surface area contributed by atoms with Gasteiger partial charge in [0, 0.05) is 36.3 Å². The Morgan fingerprint density at radius 3 is 1.78 bits per heavy atom. The van der Waals surface area contributed by atoms with Crippen molar-refractivity contribution < 1.29 is 34.3 Å². The lowest BCUT2D eigenvalue weighted by molar-refractivity contribution is -0.384. The topological polar surface area (TPSA) is 176 Å². The van der Waals surface area contributed by atoms with Crippen molar-refractivity contribution in [1.29, 1.82) is 0 Å². The van der Waals surface area contributed by atoms with Crippen LogP contribution in [0.5, 0.6) is 0 Å². The van der Waals surface area contributed by atoms with Crippen molar-refractivity contribution in [3.63, 3.8) is 0 Å².